The number of amides is 2. The lowest BCUT2D eigenvalue weighted by Crippen LogP contribution is -2.54. The third-order valence-corrected chi connectivity index (χ3v) is 6.07. The lowest BCUT2D eigenvalue weighted by molar-refractivity contribution is -0.145. The number of methoxy groups -OCH3 is 1. The largest absolute Gasteiger partial charge is 0.467 e. The van der Waals surface area contributed by atoms with Crippen LogP contribution in [0, 0.1) is 5.92 Å². The Labute approximate surface area is 206 Å². The predicted octanol–water partition coefficient (Wildman–Crippen LogP) is 4.08. The Morgan fingerprint density at radius 2 is 1.76 bits per heavy atom. The second-order valence-electron chi connectivity index (χ2n) is 8.19. The minimum absolute atomic E-state index is 0.0833. The average molecular weight is 530 g/mol. The molecule has 0 aliphatic rings. The van der Waals surface area contributed by atoms with E-state index < -0.39 is 30.1 Å². The number of esters is 1. The van der Waals surface area contributed by atoms with Crippen molar-refractivity contribution in [2.45, 2.75) is 39.0 Å². The first kappa shape index (κ1) is 25.3. The summed E-state index contributed by atoms with van der Waals surface area (Å²) in [5.41, 5.74) is 2.58. The Morgan fingerprint density at radius 1 is 1.03 bits per heavy atom. The van der Waals surface area contributed by atoms with Crippen molar-refractivity contribution in [3.63, 3.8) is 0 Å². The first-order valence-corrected chi connectivity index (χ1v) is 11.7. The topological polar surface area (TPSA) is 110 Å². The van der Waals surface area contributed by atoms with Gasteiger partial charge in [-0.1, -0.05) is 56.3 Å². The van der Waals surface area contributed by atoms with E-state index >= 15 is 0 Å². The molecule has 180 valence electrons. The minimum atomic E-state index is -0.932. The summed E-state index contributed by atoms with van der Waals surface area (Å²) in [6.45, 7) is 3.68. The molecule has 2 amide bonds. The predicted molar refractivity (Wildman–Crippen MR) is 132 cm³/mol. The van der Waals surface area contributed by atoms with Gasteiger partial charge in [0.1, 0.15) is 18.7 Å². The van der Waals surface area contributed by atoms with Gasteiger partial charge >= 0.3 is 12.1 Å². The van der Waals surface area contributed by atoms with Crippen LogP contribution in [0.3, 0.4) is 0 Å². The van der Waals surface area contributed by atoms with Gasteiger partial charge in [-0.2, -0.15) is 0 Å². The Bertz CT molecular complexity index is 1150. The van der Waals surface area contributed by atoms with E-state index in [0.717, 1.165) is 26.5 Å². The summed E-state index contributed by atoms with van der Waals surface area (Å²) >= 11 is 3.50. The van der Waals surface area contributed by atoms with Crippen molar-refractivity contribution in [1.29, 1.82) is 0 Å². The van der Waals surface area contributed by atoms with Gasteiger partial charge in [0.25, 0.3) is 0 Å². The molecule has 3 N–H and O–H groups in total. The van der Waals surface area contributed by atoms with Gasteiger partial charge in [0.2, 0.25) is 5.91 Å². The first-order valence-electron chi connectivity index (χ1n) is 10.9. The number of hydrogen-bond acceptors (Lipinski definition) is 5. The van der Waals surface area contributed by atoms with Gasteiger partial charge in [0, 0.05) is 22.5 Å². The number of para-hydroxylation sites is 1. The first-order chi connectivity index (χ1) is 16.3. The van der Waals surface area contributed by atoms with Crippen LogP contribution in [0.5, 0.6) is 0 Å². The van der Waals surface area contributed by atoms with Crippen LogP contribution in [-0.2, 0) is 32.1 Å². The number of carbonyl (C=O) groups is 3. The number of fused-ring (bicyclic) bond motifs is 1. The normalized spacial score (nSPS) is 12.7. The van der Waals surface area contributed by atoms with Crippen molar-refractivity contribution in [2.75, 3.05) is 7.11 Å². The second kappa shape index (κ2) is 11.7. The number of carbonyl (C=O) groups excluding carboxylic acids is 3. The van der Waals surface area contributed by atoms with Crippen molar-refractivity contribution < 1.29 is 23.9 Å². The van der Waals surface area contributed by atoms with E-state index in [0.29, 0.717) is 0 Å². The van der Waals surface area contributed by atoms with Crippen LogP contribution in [0.1, 0.15) is 25.0 Å². The summed E-state index contributed by atoms with van der Waals surface area (Å²) in [6, 6.07) is 13.2. The molecule has 8 nitrogen and oxygen atoms in total. The van der Waals surface area contributed by atoms with Crippen LogP contribution < -0.4 is 10.6 Å². The molecule has 1 heterocycles. The molecule has 0 aliphatic heterocycles. The highest BCUT2D eigenvalue weighted by Gasteiger charge is 2.30. The third kappa shape index (κ3) is 6.38. The maximum atomic E-state index is 13.1. The highest BCUT2D eigenvalue weighted by molar-refractivity contribution is 9.10. The van der Waals surface area contributed by atoms with Gasteiger partial charge in [0.15, 0.2) is 0 Å². The van der Waals surface area contributed by atoms with Gasteiger partial charge in [0.05, 0.1) is 12.6 Å². The van der Waals surface area contributed by atoms with Gasteiger partial charge in [-0.15, -0.1) is 0 Å². The van der Waals surface area contributed by atoms with Gasteiger partial charge in [-0.25, -0.2) is 9.59 Å². The molecule has 3 rings (SSSR count). The van der Waals surface area contributed by atoms with E-state index in [2.05, 4.69) is 31.5 Å². The number of alkyl carbamates (subject to hydrolysis) is 1. The number of benzene rings is 2. The molecule has 1 aromatic heterocycles. The van der Waals surface area contributed by atoms with Crippen molar-refractivity contribution in [2.24, 2.45) is 5.92 Å². The zero-order chi connectivity index (χ0) is 24.7. The van der Waals surface area contributed by atoms with E-state index in [9.17, 15) is 14.4 Å². The smallest absolute Gasteiger partial charge is 0.408 e. The van der Waals surface area contributed by atoms with Gasteiger partial charge in [-0.05, 0) is 39.0 Å². The van der Waals surface area contributed by atoms with Crippen LogP contribution in [-0.4, -0.2) is 42.1 Å². The minimum Gasteiger partial charge on any atom is -0.467 e. The maximum absolute atomic E-state index is 13.1. The number of H-pyrrole nitrogens is 1. The number of rotatable bonds is 9. The number of nitrogens with one attached hydrogen (secondary N) is 3. The van der Waals surface area contributed by atoms with Crippen molar-refractivity contribution in [1.82, 2.24) is 15.6 Å². The highest BCUT2D eigenvalue weighted by Crippen LogP contribution is 2.26. The lowest BCUT2D eigenvalue weighted by atomic mass is 10.0. The molecular formula is C25H28BrN3O5. The highest BCUT2D eigenvalue weighted by atomic mass is 79.9. The standard InChI is InChI=1S/C25H28BrN3O5/c1-15(2)21(29-25(32)34-14-16-8-5-4-6-9-16)23(30)28-20(24(31)33-3)12-17-13-27-22-18(17)10-7-11-19(22)26/h4-11,13,15,20-21,27H,12,14H2,1-3H3,(H,28,30)(H,29,32)/t20?,21-/m0/s1. The summed E-state index contributed by atoms with van der Waals surface area (Å²) in [6.07, 6.45) is 1.31. The van der Waals surface area contributed by atoms with E-state index in [1.165, 1.54) is 7.11 Å². The molecule has 3 aromatic rings. The lowest BCUT2D eigenvalue weighted by Gasteiger charge is -2.24. The quantitative estimate of drug-likeness (QED) is 0.362. The summed E-state index contributed by atoms with van der Waals surface area (Å²) in [5, 5.41) is 6.27. The molecule has 0 fully saturated rings. The summed E-state index contributed by atoms with van der Waals surface area (Å²) in [7, 11) is 1.27. The number of halogens is 1. The van der Waals surface area contributed by atoms with E-state index in [-0.39, 0.29) is 18.9 Å². The molecular weight excluding hydrogens is 502 g/mol. The van der Waals surface area contributed by atoms with E-state index in [4.69, 9.17) is 9.47 Å². The molecule has 0 saturated heterocycles. The molecule has 2 atom stereocenters. The molecule has 1 unspecified atom stereocenters. The number of hydrogen-bond donors (Lipinski definition) is 3. The van der Waals surface area contributed by atoms with Crippen LogP contribution in [0.15, 0.2) is 59.2 Å². The fraction of sp³-hybridized carbons (Fsp3) is 0.320. The molecule has 0 radical (unpaired) electrons. The zero-order valence-corrected chi connectivity index (χ0v) is 20.8. The van der Waals surface area contributed by atoms with Gasteiger partial charge in [-0.3, -0.25) is 4.79 Å². The van der Waals surface area contributed by atoms with Crippen molar-refractivity contribution >= 4 is 44.8 Å². The van der Waals surface area contributed by atoms with Crippen LogP contribution in [0.4, 0.5) is 4.79 Å². The molecule has 2 aromatic carbocycles. The SMILES string of the molecule is COC(=O)C(Cc1c[nH]c2c(Br)cccc12)NC(=O)[C@@H](NC(=O)OCc1ccccc1)C(C)C. The van der Waals surface area contributed by atoms with Crippen molar-refractivity contribution in [3.8, 4) is 0 Å². The summed E-state index contributed by atoms with van der Waals surface area (Å²) in [5.74, 6) is -1.32. The van der Waals surface area contributed by atoms with Crippen LogP contribution in [0.25, 0.3) is 10.9 Å². The molecule has 9 heteroatoms. The zero-order valence-electron chi connectivity index (χ0n) is 19.3. The molecule has 0 bridgehead atoms. The summed E-state index contributed by atoms with van der Waals surface area (Å²) < 4.78 is 11.1. The van der Waals surface area contributed by atoms with Gasteiger partial charge < -0.3 is 25.1 Å². The summed E-state index contributed by atoms with van der Waals surface area (Å²) in [4.78, 5) is 41.1. The fourth-order valence-corrected chi connectivity index (χ4v) is 4.07. The molecule has 0 spiro atoms. The average Bonchev–Trinajstić information content (AvgIpc) is 3.24. The molecule has 0 aliphatic carbocycles. The monoisotopic (exact) mass is 529 g/mol. The number of ether oxygens (including phenoxy) is 2. The second-order valence-corrected chi connectivity index (χ2v) is 9.05. The van der Waals surface area contributed by atoms with Crippen molar-refractivity contribution in [3.05, 3.63) is 70.3 Å². The van der Waals surface area contributed by atoms with Crippen LogP contribution >= 0.6 is 15.9 Å². The Morgan fingerprint density at radius 3 is 2.44 bits per heavy atom. The third-order valence-electron chi connectivity index (χ3n) is 5.41. The van der Waals surface area contributed by atoms with E-state index in [1.807, 2.05) is 48.5 Å². The maximum Gasteiger partial charge on any atom is 0.408 e. The molecule has 34 heavy (non-hydrogen) atoms. The number of aromatic nitrogens is 1. The molecule has 0 saturated carbocycles. The van der Waals surface area contributed by atoms with E-state index in [1.54, 1.807) is 20.0 Å². The number of aromatic amines is 1. The Balaban J connectivity index is 1.68. The fourth-order valence-electron chi connectivity index (χ4n) is 3.59. The Hall–Kier alpha value is -3.33. The van der Waals surface area contributed by atoms with Crippen LogP contribution in [0.2, 0.25) is 0 Å². The Kier molecular flexibility index (Phi) is 8.70.